The third-order valence-corrected chi connectivity index (χ3v) is 7.82. The minimum absolute atomic E-state index is 0.145. The maximum absolute atomic E-state index is 13.3. The zero-order chi connectivity index (χ0) is 26.5. The van der Waals surface area contributed by atoms with Crippen molar-refractivity contribution in [2.24, 2.45) is 0 Å². The number of aromatic nitrogens is 3. The highest BCUT2D eigenvalue weighted by atomic mass is 79.9. The fourth-order valence-corrected chi connectivity index (χ4v) is 5.30. The van der Waals surface area contributed by atoms with E-state index in [4.69, 9.17) is 4.74 Å². The molecule has 1 saturated heterocycles. The molecule has 7 nitrogen and oxygen atoms in total. The highest BCUT2D eigenvalue weighted by Gasteiger charge is 2.23. The molecular weight excluding hydrogens is 542 g/mol. The Labute approximate surface area is 232 Å². The molecule has 0 N–H and O–H groups in total. The molecule has 5 rings (SSSR count). The highest BCUT2D eigenvalue weighted by molar-refractivity contribution is 9.10. The van der Waals surface area contributed by atoms with Crippen LogP contribution in [0.2, 0.25) is 0 Å². The molecule has 4 aromatic rings. The number of hydrogen-bond donors (Lipinski definition) is 0. The monoisotopic (exact) mass is 575 g/mol. The first-order valence-corrected chi connectivity index (χ1v) is 14.0. The fraction of sp³-hybridized carbons (Fsp3) is 0.333. The van der Waals surface area contributed by atoms with Crippen LogP contribution in [0.5, 0.6) is 0 Å². The minimum Gasteiger partial charge on any atom is -0.372 e. The summed E-state index contributed by atoms with van der Waals surface area (Å²) in [6, 6.07) is 26.6. The lowest BCUT2D eigenvalue weighted by atomic mass is 10.1. The molecule has 0 amide bonds. The summed E-state index contributed by atoms with van der Waals surface area (Å²) in [5.41, 5.74) is 4.19. The summed E-state index contributed by atoms with van der Waals surface area (Å²) < 4.78 is 10.4. The van der Waals surface area contributed by atoms with Gasteiger partial charge in [-0.05, 0) is 67.4 Å². The summed E-state index contributed by atoms with van der Waals surface area (Å²) in [4.78, 5) is 18.1. The van der Waals surface area contributed by atoms with Gasteiger partial charge in [-0.3, -0.25) is 0 Å². The Bertz CT molecular complexity index is 1360. The number of hydrogen-bond acceptors (Lipinski definition) is 5. The van der Waals surface area contributed by atoms with Gasteiger partial charge in [0.2, 0.25) is 0 Å². The number of nitrogens with zero attached hydrogens (tertiary/aromatic N) is 5. The largest absolute Gasteiger partial charge is 0.372 e. The average Bonchev–Trinajstić information content (AvgIpc) is 3.34. The van der Waals surface area contributed by atoms with Crippen LogP contribution in [-0.4, -0.2) is 46.6 Å². The van der Waals surface area contributed by atoms with Crippen LogP contribution >= 0.6 is 15.9 Å². The van der Waals surface area contributed by atoms with Crippen LogP contribution in [0.15, 0.2) is 94.5 Å². The van der Waals surface area contributed by atoms with Crippen LogP contribution in [0, 0.1) is 0 Å². The molecule has 1 aromatic heterocycles. The quantitative estimate of drug-likeness (QED) is 0.257. The number of anilines is 2. The van der Waals surface area contributed by atoms with Crippen molar-refractivity contribution in [3.05, 3.63) is 106 Å². The van der Waals surface area contributed by atoms with Gasteiger partial charge in [0, 0.05) is 42.0 Å². The first-order chi connectivity index (χ1) is 18.5. The van der Waals surface area contributed by atoms with Gasteiger partial charge in [-0.25, -0.2) is 14.0 Å². The number of benzene rings is 3. The van der Waals surface area contributed by atoms with Gasteiger partial charge in [0.1, 0.15) is 6.33 Å². The van der Waals surface area contributed by atoms with Crippen LogP contribution in [0.4, 0.5) is 11.4 Å². The van der Waals surface area contributed by atoms with Crippen LogP contribution in [-0.2, 0) is 11.3 Å². The smallest absolute Gasteiger partial charge is 0.350 e. The summed E-state index contributed by atoms with van der Waals surface area (Å²) in [5, 5.41) is 4.46. The molecule has 1 aliphatic heterocycles. The van der Waals surface area contributed by atoms with E-state index in [1.165, 1.54) is 11.4 Å². The molecule has 0 spiro atoms. The number of ether oxygens (including phenoxy) is 1. The second-order valence-corrected chi connectivity index (χ2v) is 10.6. The molecule has 2 unspecified atom stereocenters. The Morgan fingerprint density at radius 1 is 0.842 bits per heavy atom. The summed E-state index contributed by atoms with van der Waals surface area (Å²) in [6.07, 6.45) is 2.21. The van der Waals surface area contributed by atoms with Gasteiger partial charge >= 0.3 is 5.69 Å². The molecule has 0 radical (unpaired) electrons. The Morgan fingerprint density at radius 2 is 1.39 bits per heavy atom. The van der Waals surface area contributed by atoms with Gasteiger partial charge in [0.15, 0.2) is 0 Å². The maximum atomic E-state index is 13.3. The summed E-state index contributed by atoms with van der Waals surface area (Å²) >= 11 is 3.51. The van der Waals surface area contributed by atoms with Gasteiger partial charge in [-0.1, -0.05) is 53.2 Å². The zero-order valence-corrected chi connectivity index (χ0v) is 23.5. The normalized spacial score (nSPS) is 15.4. The number of rotatable bonds is 9. The van der Waals surface area contributed by atoms with E-state index in [-0.39, 0.29) is 17.8 Å². The topological polar surface area (TPSA) is 55.5 Å². The Balaban J connectivity index is 1.22. The second-order valence-electron chi connectivity index (χ2n) is 9.67. The summed E-state index contributed by atoms with van der Waals surface area (Å²) in [6.45, 7) is 8.42. The molecule has 2 heterocycles. The molecule has 1 fully saturated rings. The van der Waals surface area contributed by atoms with Crippen molar-refractivity contribution in [3.63, 3.8) is 0 Å². The molecule has 38 heavy (non-hydrogen) atoms. The van der Waals surface area contributed by atoms with E-state index < -0.39 is 0 Å². The van der Waals surface area contributed by atoms with Gasteiger partial charge in [-0.15, -0.1) is 0 Å². The van der Waals surface area contributed by atoms with Crippen molar-refractivity contribution in [1.29, 1.82) is 0 Å². The van der Waals surface area contributed by atoms with Crippen molar-refractivity contribution in [1.82, 2.24) is 14.3 Å². The first-order valence-electron chi connectivity index (χ1n) is 13.2. The van der Waals surface area contributed by atoms with Crippen LogP contribution in [0.1, 0.15) is 31.9 Å². The molecule has 0 bridgehead atoms. The Morgan fingerprint density at radius 3 is 1.97 bits per heavy atom. The molecule has 0 saturated carbocycles. The van der Waals surface area contributed by atoms with Crippen LogP contribution < -0.4 is 15.5 Å². The number of piperazine rings is 1. The molecular formula is C30H34BrN5O2. The Kier molecular flexibility index (Phi) is 8.29. The summed E-state index contributed by atoms with van der Waals surface area (Å²) in [5.74, 6) is 0. The molecule has 0 aliphatic carbocycles. The fourth-order valence-electron chi connectivity index (χ4n) is 5.04. The minimum atomic E-state index is -0.153. The van der Waals surface area contributed by atoms with E-state index in [0.717, 1.165) is 48.3 Å². The van der Waals surface area contributed by atoms with Gasteiger partial charge in [0.05, 0.1) is 24.4 Å². The van der Waals surface area contributed by atoms with Crippen molar-refractivity contribution in [3.8, 4) is 5.69 Å². The van der Waals surface area contributed by atoms with Gasteiger partial charge in [0.25, 0.3) is 0 Å². The molecule has 2 atom stereocenters. The van der Waals surface area contributed by atoms with Gasteiger partial charge < -0.3 is 14.5 Å². The SMILES string of the molecule is CCC(C(C)OCc1ccccc1)n1ncn(-c2ccc(N3CCN(c4ccc(Br)cc4)CC3)cc2)c1=O. The predicted octanol–water partition coefficient (Wildman–Crippen LogP) is 5.68. The van der Waals surface area contributed by atoms with E-state index in [1.54, 1.807) is 15.6 Å². The van der Waals surface area contributed by atoms with E-state index in [2.05, 4.69) is 74.2 Å². The van der Waals surface area contributed by atoms with Gasteiger partial charge in [-0.2, -0.15) is 5.10 Å². The van der Waals surface area contributed by atoms with Crippen molar-refractivity contribution >= 4 is 27.3 Å². The second kappa shape index (κ2) is 12.0. The zero-order valence-electron chi connectivity index (χ0n) is 21.9. The predicted molar refractivity (Wildman–Crippen MR) is 156 cm³/mol. The Hall–Kier alpha value is -3.36. The third kappa shape index (κ3) is 5.87. The number of halogens is 1. The first kappa shape index (κ1) is 26.3. The lowest BCUT2D eigenvalue weighted by Gasteiger charge is -2.37. The van der Waals surface area contributed by atoms with Crippen molar-refractivity contribution in [2.75, 3.05) is 36.0 Å². The standard InChI is InChI=1S/C30H34BrN5O2/c1-3-29(23(2)38-21-24-7-5-4-6-8-24)36-30(37)35(22-32-36)28-15-13-27(14-16-28)34-19-17-33(18-20-34)26-11-9-25(31)10-12-26/h4-16,22-23,29H,3,17-21H2,1-2H3. The molecule has 3 aromatic carbocycles. The van der Waals surface area contributed by atoms with E-state index in [9.17, 15) is 4.79 Å². The van der Waals surface area contributed by atoms with Crippen LogP contribution in [0.3, 0.4) is 0 Å². The molecule has 1 aliphatic rings. The maximum Gasteiger partial charge on any atom is 0.350 e. The third-order valence-electron chi connectivity index (χ3n) is 7.29. The molecule has 198 valence electrons. The van der Waals surface area contributed by atoms with E-state index in [1.807, 2.05) is 49.4 Å². The average molecular weight is 577 g/mol. The lowest BCUT2D eigenvalue weighted by molar-refractivity contribution is 0.0117. The molecule has 8 heteroatoms. The summed E-state index contributed by atoms with van der Waals surface area (Å²) in [7, 11) is 0. The van der Waals surface area contributed by atoms with E-state index in [0.29, 0.717) is 6.61 Å². The van der Waals surface area contributed by atoms with Crippen molar-refractivity contribution in [2.45, 2.75) is 39.0 Å². The highest BCUT2D eigenvalue weighted by Crippen LogP contribution is 2.24. The van der Waals surface area contributed by atoms with Crippen molar-refractivity contribution < 1.29 is 4.74 Å². The van der Waals surface area contributed by atoms with E-state index >= 15 is 0 Å². The lowest BCUT2D eigenvalue weighted by Crippen LogP contribution is -2.46. The van der Waals surface area contributed by atoms with Crippen LogP contribution in [0.25, 0.3) is 5.69 Å².